The summed E-state index contributed by atoms with van der Waals surface area (Å²) in [5.41, 5.74) is 3.32. The molecule has 188 valence electrons. The van der Waals surface area contributed by atoms with E-state index >= 15 is 0 Å². The standard InChI is InChI=1S/C27H30FN5O3/c1-19(14-21-6-4-3-5-7-21)16-32-17-23(33-18-24(30-31-33)27(35)36-2)15-25(32)26(34)29-13-12-20-8-10-22(28)11-9-20/h3-11,14,18,23,25H,12-13,15-17H2,1-2H3,(H,29,34)/t23-,25+/m1/s1. The quantitative estimate of drug-likeness (QED) is 0.462. The van der Waals surface area contributed by atoms with Crippen molar-refractivity contribution in [2.75, 3.05) is 26.7 Å². The van der Waals surface area contributed by atoms with E-state index in [1.165, 1.54) is 19.2 Å². The fourth-order valence-corrected chi connectivity index (χ4v) is 4.47. The molecule has 36 heavy (non-hydrogen) atoms. The molecule has 1 fully saturated rings. The zero-order valence-corrected chi connectivity index (χ0v) is 20.4. The number of nitrogens with zero attached hydrogens (tertiary/aromatic N) is 4. The fourth-order valence-electron chi connectivity index (χ4n) is 4.47. The van der Waals surface area contributed by atoms with Gasteiger partial charge in [-0.1, -0.05) is 59.3 Å². The molecule has 1 amide bonds. The largest absolute Gasteiger partial charge is 0.464 e. The van der Waals surface area contributed by atoms with Gasteiger partial charge in [0, 0.05) is 19.6 Å². The van der Waals surface area contributed by atoms with E-state index in [1.54, 1.807) is 23.0 Å². The van der Waals surface area contributed by atoms with Crippen molar-refractivity contribution in [2.24, 2.45) is 0 Å². The molecule has 0 saturated carbocycles. The first-order valence-electron chi connectivity index (χ1n) is 11.9. The number of ether oxygens (including phenoxy) is 1. The molecule has 1 aliphatic rings. The maximum Gasteiger partial charge on any atom is 0.360 e. The first-order chi connectivity index (χ1) is 17.4. The second-order valence-electron chi connectivity index (χ2n) is 8.98. The van der Waals surface area contributed by atoms with Crippen LogP contribution in [0.4, 0.5) is 4.39 Å². The lowest BCUT2D eigenvalue weighted by Crippen LogP contribution is -2.44. The Kier molecular flexibility index (Phi) is 8.22. The highest BCUT2D eigenvalue weighted by Gasteiger charge is 2.38. The van der Waals surface area contributed by atoms with Crippen molar-refractivity contribution in [2.45, 2.75) is 31.8 Å². The summed E-state index contributed by atoms with van der Waals surface area (Å²) in [5, 5.41) is 11.1. The third kappa shape index (κ3) is 6.42. The third-order valence-corrected chi connectivity index (χ3v) is 6.25. The highest BCUT2D eigenvalue weighted by atomic mass is 19.1. The van der Waals surface area contributed by atoms with Gasteiger partial charge in [0.15, 0.2) is 5.69 Å². The molecule has 1 N–H and O–H groups in total. The third-order valence-electron chi connectivity index (χ3n) is 6.25. The Morgan fingerprint density at radius 3 is 2.64 bits per heavy atom. The molecule has 3 aromatic rings. The Bertz CT molecular complexity index is 1210. The van der Waals surface area contributed by atoms with Gasteiger partial charge in [0.05, 0.1) is 25.4 Å². The lowest BCUT2D eigenvalue weighted by molar-refractivity contribution is -0.125. The first kappa shape index (κ1) is 25.2. The van der Waals surface area contributed by atoms with Crippen molar-refractivity contribution in [1.82, 2.24) is 25.2 Å². The van der Waals surface area contributed by atoms with Crippen LogP contribution in [0.3, 0.4) is 0 Å². The lowest BCUT2D eigenvalue weighted by Gasteiger charge is -2.24. The number of likely N-dealkylation sites (tertiary alicyclic amines) is 1. The van der Waals surface area contributed by atoms with Gasteiger partial charge >= 0.3 is 5.97 Å². The number of methoxy groups -OCH3 is 1. The number of amides is 1. The van der Waals surface area contributed by atoms with Gasteiger partial charge in [0.25, 0.3) is 0 Å². The fraction of sp³-hybridized carbons (Fsp3) is 0.333. The van der Waals surface area contributed by atoms with Crippen molar-refractivity contribution in [1.29, 1.82) is 0 Å². The van der Waals surface area contributed by atoms with Crippen LogP contribution in [0.2, 0.25) is 0 Å². The summed E-state index contributed by atoms with van der Waals surface area (Å²) in [6.07, 6.45) is 4.82. The monoisotopic (exact) mass is 491 g/mol. The van der Waals surface area contributed by atoms with Crippen LogP contribution in [0.5, 0.6) is 0 Å². The number of carbonyl (C=O) groups is 2. The minimum atomic E-state index is -0.548. The van der Waals surface area contributed by atoms with Crippen LogP contribution in [0.25, 0.3) is 6.08 Å². The number of rotatable bonds is 9. The van der Waals surface area contributed by atoms with E-state index in [0.29, 0.717) is 32.5 Å². The van der Waals surface area contributed by atoms with Gasteiger partial charge in [-0.2, -0.15) is 0 Å². The molecule has 0 bridgehead atoms. The van der Waals surface area contributed by atoms with Gasteiger partial charge in [-0.05, 0) is 43.0 Å². The van der Waals surface area contributed by atoms with Crippen LogP contribution in [-0.4, -0.2) is 64.6 Å². The number of nitrogens with one attached hydrogen (secondary N) is 1. The molecule has 0 radical (unpaired) electrons. The second-order valence-corrected chi connectivity index (χ2v) is 8.98. The molecule has 1 aromatic heterocycles. The average Bonchev–Trinajstić information content (AvgIpc) is 3.53. The van der Waals surface area contributed by atoms with E-state index in [2.05, 4.69) is 33.5 Å². The van der Waals surface area contributed by atoms with Crippen LogP contribution in [0.15, 0.2) is 66.4 Å². The average molecular weight is 492 g/mol. The van der Waals surface area contributed by atoms with Crippen LogP contribution < -0.4 is 5.32 Å². The number of carbonyl (C=O) groups excluding carboxylic acids is 2. The lowest BCUT2D eigenvalue weighted by atomic mass is 10.1. The summed E-state index contributed by atoms with van der Waals surface area (Å²) in [6, 6.07) is 15.8. The second kappa shape index (κ2) is 11.7. The molecule has 1 aliphatic heterocycles. The summed E-state index contributed by atoms with van der Waals surface area (Å²) in [7, 11) is 1.30. The summed E-state index contributed by atoms with van der Waals surface area (Å²) in [5.74, 6) is -0.897. The molecule has 2 aromatic carbocycles. The van der Waals surface area contributed by atoms with Crippen molar-refractivity contribution in [3.05, 3.63) is 89.0 Å². The number of aromatic nitrogens is 3. The van der Waals surface area contributed by atoms with Gasteiger partial charge in [0.1, 0.15) is 5.82 Å². The van der Waals surface area contributed by atoms with Crippen LogP contribution in [0, 0.1) is 5.82 Å². The molecule has 2 atom stereocenters. The number of hydrogen-bond acceptors (Lipinski definition) is 6. The Morgan fingerprint density at radius 1 is 1.17 bits per heavy atom. The summed E-state index contributed by atoms with van der Waals surface area (Å²) in [6.45, 7) is 3.70. The summed E-state index contributed by atoms with van der Waals surface area (Å²) < 4.78 is 19.5. The van der Waals surface area contributed by atoms with E-state index in [4.69, 9.17) is 4.74 Å². The highest BCUT2D eigenvalue weighted by molar-refractivity contribution is 5.86. The molecule has 2 heterocycles. The van der Waals surface area contributed by atoms with E-state index in [1.807, 2.05) is 30.3 Å². The minimum absolute atomic E-state index is 0.0690. The Hall–Kier alpha value is -3.85. The first-order valence-corrected chi connectivity index (χ1v) is 11.9. The zero-order chi connectivity index (χ0) is 25.5. The van der Waals surface area contributed by atoms with E-state index in [9.17, 15) is 14.0 Å². The molecule has 4 rings (SSSR count). The highest BCUT2D eigenvalue weighted by Crippen LogP contribution is 2.28. The smallest absolute Gasteiger partial charge is 0.360 e. The van der Waals surface area contributed by atoms with Gasteiger partial charge in [-0.25, -0.2) is 13.9 Å². The summed E-state index contributed by atoms with van der Waals surface area (Å²) in [4.78, 5) is 27.2. The summed E-state index contributed by atoms with van der Waals surface area (Å²) >= 11 is 0. The predicted octanol–water partition coefficient (Wildman–Crippen LogP) is 3.28. The number of hydrogen-bond donors (Lipinski definition) is 1. The molecule has 0 aliphatic carbocycles. The van der Waals surface area contributed by atoms with Crippen LogP contribution >= 0.6 is 0 Å². The van der Waals surface area contributed by atoms with Crippen molar-refractivity contribution in [3.8, 4) is 0 Å². The van der Waals surface area contributed by atoms with Crippen molar-refractivity contribution < 1.29 is 18.7 Å². The van der Waals surface area contributed by atoms with E-state index in [-0.39, 0.29) is 29.5 Å². The zero-order valence-electron chi connectivity index (χ0n) is 20.4. The van der Waals surface area contributed by atoms with Gasteiger partial charge in [0.2, 0.25) is 5.91 Å². The van der Waals surface area contributed by atoms with Gasteiger partial charge in [-0.15, -0.1) is 5.10 Å². The van der Waals surface area contributed by atoms with Crippen LogP contribution in [-0.2, 0) is 16.0 Å². The molecule has 0 spiro atoms. The SMILES string of the molecule is COC(=O)c1cn([C@@H]2C[C@@H](C(=O)NCCc3ccc(F)cc3)N(CC(C)=Cc3ccccc3)C2)nn1. The number of halogens is 1. The Balaban J connectivity index is 1.45. The molecule has 9 heteroatoms. The minimum Gasteiger partial charge on any atom is -0.464 e. The van der Waals surface area contributed by atoms with Crippen LogP contribution in [0.1, 0.15) is 41.0 Å². The maximum absolute atomic E-state index is 13.2. The Morgan fingerprint density at radius 2 is 1.92 bits per heavy atom. The number of esters is 1. The molecular weight excluding hydrogens is 461 g/mol. The van der Waals surface area contributed by atoms with Gasteiger partial charge < -0.3 is 10.1 Å². The molecule has 0 unspecified atom stereocenters. The van der Waals surface area contributed by atoms with Gasteiger partial charge in [-0.3, -0.25) is 9.69 Å². The number of benzene rings is 2. The van der Waals surface area contributed by atoms with E-state index < -0.39 is 5.97 Å². The maximum atomic E-state index is 13.2. The topological polar surface area (TPSA) is 89.4 Å². The Labute approximate surface area is 209 Å². The van der Waals surface area contributed by atoms with Crippen molar-refractivity contribution >= 4 is 18.0 Å². The molecule has 8 nitrogen and oxygen atoms in total. The predicted molar refractivity (Wildman–Crippen MR) is 134 cm³/mol. The molecular formula is C27H30FN5O3. The normalized spacial score (nSPS) is 18.2. The van der Waals surface area contributed by atoms with Crippen molar-refractivity contribution in [3.63, 3.8) is 0 Å². The van der Waals surface area contributed by atoms with E-state index in [0.717, 1.165) is 16.7 Å². The molecule has 1 saturated heterocycles.